The number of rotatable bonds is 10. The first kappa shape index (κ1) is 27.6. The van der Waals surface area contributed by atoms with Crippen molar-refractivity contribution >= 4 is 60.3 Å². The van der Waals surface area contributed by atoms with Crippen LogP contribution >= 0.6 is 39.0 Å². The van der Waals surface area contributed by atoms with Crippen LogP contribution < -0.4 is 21.2 Å². The number of halogens is 2. The largest absolute Gasteiger partial charge is 2.00 e. The molecule has 4 rings (SSSR count). The molecule has 0 nitrogen and oxygen atoms in total. The van der Waals surface area contributed by atoms with Crippen molar-refractivity contribution < 1.29 is 20.4 Å². The van der Waals surface area contributed by atoms with Crippen LogP contribution in [0.1, 0.15) is 12.8 Å². The molecule has 34 heavy (non-hydrogen) atoms. The maximum Gasteiger partial charge on any atom is 2.00 e. The molecule has 0 radical (unpaired) electrons. The van der Waals surface area contributed by atoms with E-state index < -0.39 is 20.2 Å². The molecule has 0 spiro atoms. The average molecular weight is 616 g/mol. The summed E-state index contributed by atoms with van der Waals surface area (Å²) < 4.78 is -0.742. The summed E-state index contributed by atoms with van der Waals surface area (Å²) in [4.78, 5) is 0. The molecular formula is C29H28Cl2P2Pd+2. The SMILES string of the molecule is ClC(Cl)(CCP(c1ccccc1)c1ccccc1)CCP(c1ccccc1)c1ccccc1.[Pd+2]. The van der Waals surface area contributed by atoms with E-state index >= 15 is 0 Å². The first-order valence-electron chi connectivity index (χ1n) is 11.3. The molecule has 0 aromatic heterocycles. The Balaban J connectivity index is 0.00000324. The fourth-order valence-electron chi connectivity index (χ4n) is 3.92. The number of benzene rings is 4. The van der Waals surface area contributed by atoms with Crippen molar-refractivity contribution in [3.05, 3.63) is 121 Å². The second kappa shape index (κ2) is 13.9. The van der Waals surface area contributed by atoms with Crippen LogP contribution in [-0.4, -0.2) is 16.7 Å². The molecule has 176 valence electrons. The average Bonchev–Trinajstić information content (AvgIpc) is 2.87. The number of hydrogen-bond acceptors (Lipinski definition) is 0. The van der Waals surface area contributed by atoms with Crippen molar-refractivity contribution in [2.75, 3.05) is 12.3 Å². The fourth-order valence-corrected chi connectivity index (χ4v) is 9.79. The zero-order valence-corrected chi connectivity index (χ0v) is 23.7. The smallest absolute Gasteiger partial charge is 0.102 e. The Labute approximate surface area is 230 Å². The number of alkyl halides is 2. The van der Waals surface area contributed by atoms with Crippen LogP contribution in [0.5, 0.6) is 0 Å². The number of hydrogen-bond donors (Lipinski definition) is 0. The van der Waals surface area contributed by atoms with E-state index in [1.54, 1.807) is 0 Å². The minimum absolute atomic E-state index is 0. The van der Waals surface area contributed by atoms with Gasteiger partial charge in [-0.1, -0.05) is 121 Å². The summed E-state index contributed by atoms with van der Waals surface area (Å²) in [6, 6.07) is 43.1. The quantitative estimate of drug-likeness (QED) is 0.101. The summed E-state index contributed by atoms with van der Waals surface area (Å²) in [7, 11) is -0.985. The summed E-state index contributed by atoms with van der Waals surface area (Å²) in [5.41, 5.74) is 0. The molecule has 0 aliphatic heterocycles. The van der Waals surface area contributed by atoms with Crippen molar-refractivity contribution in [3.8, 4) is 0 Å². The standard InChI is InChI=1S/C29H28Cl2P2.Pd/c30-29(31,21-23-32(25-13-5-1-6-14-25)26-15-7-2-8-16-26)22-24-33(27-17-9-3-10-18-27)28-19-11-4-12-20-28;/h1-20H,21-24H2;/q;+2. The van der Waals surface area contributed by atoms with Gasteiger partial charge >= 0.3 is 20.4 Å². The predicted octanol–water partition coefficient (Wildman–Crippen LogP) is 7.20. The molecule has 0 bridgehead atoms. The Hall–Kier alpha value is -1.02. The third-order valence-corrected chi connectivity index (χ3v) is 11.5. The molecule has 0 amide bonds. The third kappa shape index (κ3) is 8.01. The van der Waals surface area contributed by atoms with Gasteiger partial charge in [-0.15, -0.1) is 23.2 Å². The maximum atomic E-state index is 6.96. The van der Waals surface area contributed by atoms with E-state index in [2.05, 4.69) is 121 Å². The Bertz CT molecular complexity index is 926. The molecule has 0 saturated carbocycles. The van der Waals surface area contributed by atoms with Gasteiger partial charge in [0.05, 0.1) is 0 Å². The minimum Gasteiger partial charge on any atom is -0.102 e. The van der Waals surface area contributed by atoms with Gasteiger partial charge in [-0.25, -0.2) is 0 Å². The molecule has 5 heteroatoms. The third-order valence-electron chi connectivity index (χ3n) is 5.67. The zero-order chi connectivity index (χ0) is 22.9. The van der Waals surface area contributed by atoms with E-state index in [0.29, 0.717) is 0 Å². The van der Waals surface area contributed by atoms with Crippen molar-refractivity contribution in [3.63, 3.8) is 0 Å². The molecule has 0 heterocycles. The van der Waals surface area contributed by atoms with Crippen LogP contribution in [0.2, 0.25) is 0 Å². The predicted molar refractivity (Wildman–Crippen MR) is 152 cm³/mol. The Morgan fingerprint density at radius 1 is 0.441 bits per heavy atom. The van der Waals surface area contributed by atoms with E-state index in [4.69, 9.17) is 23.2 Å². The Morgan fingerprint density at radius 2 is 0.676 bits per heavy atom. The Kier molecular flexibility index (Phi) is 11.3. The zero-order valence-electron chi connectivity index (χ0n) is 18.8. The van der Waals surface area contributed by atoms with Crippen LogP contribution in [0, 0.1) is 0 Å². The first-order valence-corrected chi connectivity index (χ1v) is 15.1. The van der Waals surface area contributed by atoms with Crippen molar-refractivity contribution in [1.82, 2.24) is 0 Å². The first-order chi connectivity index (χ1) is 16.1. The summed E-state index contributed by atoms with van der Waals surface area (Å²) in [6.07, 6.45) is 3.51. The molecule has 0 aliphatic carbocycles. The Morgan fingerprint density at radius 3 is 0.912 bits per heavy atom. The van der Waals surface area contributed by atoms with Crippen LogP contribution in [0.15, 0.2) is 121 Å². The van der Waals surface area contributed by atoms with Crippen molar-refractivity contribution in [2.24, 2.45) is 0 Å². The van der Waals surface area contributed by atoms with Crippen LogP contribution in [0.4, 0.5) is 0 Å². The van der Waals surface area contributed by atoms with Gasteiger partial charge in [0, 0.05) is 0 Å². The minimum atomic E-state index is -0.742. The molecule has 0 fully saturated rings. The molecule has 4 aromatic rings. The van der Waals surface area contributed by atoms with Gasteiger partial charge in [0.2, 0.25) is 0 Å². The molecule has 0 atom stereocenters. The van der Waals surface area contributed by atoms with E-state index in [0.717, 1.165) is 25.2 Å². The van der Waals surface area contributed by atoms with E-state index in [-0.39, 0.29) is 20.4 Å². The normalized spacial score (nSPS) is 11.4. The molecule has 4 aromatic carbocycles. The second-order valence-electron chi connectivity index (χ2n) is 8.00. The fraction of sp³-hybridized carbons (Fsp3) is 0.172. The van der Waals surface area contributed by atoms with Crippen LogP contribution in [0.25, 0.3) is 0 Å². The summed E-state index contributed by atoms with van der Waals surface area (Å²) in [5.74, 6) is 0. The second-order valence-corrected chi connectivity index (χ2v) is 14.3. The van der Waals surface area contributed by atoms with E-state index in [1.165, 1.54) is 21.2 Å². The van der Waals surface area contributed by atoms with Gasteiger partial charge in [-0.2, -0.15) is 0 Å². The molecule has 0 N–H and O–H groups in total. The topological polar surface area (TPSA) is 0 Å². The van der Waals surface area contributed by atoms with Gasteiger partial charge in [0.1, 0.15) is 4.33 Å². The molecule has 0 aliphatic rings. The van der Waals surface area contributed by atoms with Crippen molar-refractivity contribution in [2.45, 2.75) is 17.2 Å². The van der Waals surface area contributed by atoms with Crippen LogP contribution in [-0.2, 0) is 20.4 Å². The summed E-state index contributed by atoms with van der Waals surface area (Å²) in [6.45, 7) is 0. The molecule has 0 unspecified atom stereocenters. The van der Waals surface area contributed by atoms with E-state index in [9.17, 15) is 0 Å². The van der Waals surface area contributed by atoms with Gasteiger partial charge in [-0.05, 0) is 62.2 Å². The van der Waals surface area contributed by atoms with Gasteiger partial charge in [-0.3, -0.25) is 0 Å². The van der Waals surface area contributed by atoms with Crippen LogP contribution in [0.3, 0.4) is 0 Å². The van der Waals surface area contributed by atoms with E-state index in [1.807, 2.05) is 0 Å². The van der Waals surface area contributed by atoms with Gasteiger partial charge in [0.15, 0.2) is 0 Å². The van der Waals surface area contributed by atoms with Gasteiger partial charge < -0.3 is 0 Å². The molecule has 0 saturated heterocycles. The van der Waals surface area contributed by atoms with Gasteiger partial charge in [0.25, 0.3) is 0 Å². The summed E-state index contributed by atoms with van der Waals surface area (Å²) >= 11 is 13.9. The maximum absolute atomic E-state index is 6.96. The molecular weight excluding hydrogens is 588 g/mol. The van der Waals surface area contributed by atoms with Crippen molar-refractivity contribution in [1.29, 1.82) is 0 Å². The summed E-state index contributed by atoms with van der Waals surface area (Å²) in [5, 5.41) is 5.50. The monoisotopic (exact) mass is 614 g/mol.